The normalized spacial score (nSPS) is 11.9. The Morgan fingerprint density at radius 2 is 0.968 bits per heavy atom. The van der Waals surface area contributed by atoms with Crippen LogP contribution in [0.1, 0.15) is 0 Å². The van der Waals surface area contributed by atoms with Gasteiger partial charge < -0.3 is 18.3 Å². The average molecular weight is 793 g/mol. The maximum absolute atomic E-state index is 6.95. The number of benzene rings is 10. The van der Waals surface area contributed by atoms with Crippen molar-refractivity contribution in [3.8, 4) is 27.9 Å². The number of fused-ring (bicyclic) bond motifs is 10. The topological polar surface area (TPSA) is 34.5 Å². The van der Waals surface area contributed by atoms with Crippen molar-refractivity contribution in [2.75, 3.05) is 4.90 Å². The van der Waals surface area contributed by atoms with Crippen molar-refractivity contribution in [3.05, 3.63) is 218 Å². The Bertz CT molecular complexity index is 3870. The largest absolute Gasteiger partial charge is 0.456 e. The van der Waals surface area contributed by atoms with Crippen LogP contribution in [-0.4, -0.2) is 4.57 Å². The fourth-order valence-corrected chi connectivity index (χ4v) is 9.77. The molecule has 0 aliphatic rings. The van der Waals surface area contributed by atoms with Gasteiger partial charge in [-0.2, -0.15) is 0 Å². The Balaban J connectivity index is 1.10. The highest BCUT2D eigenvalue weighted by Crippen LogP contribution is 2.48. The highest BCUT2D eigenvalue weighted by molar-refractivity contribution is 6.17. The van der Waals surface area contributed by atoms with Gasteiger partial charge in [-0.3, -0.25) is 0 Å². The van der Waals surface area contributed by atoms with E-state index in [2.05, 4.69) is 210 Å². The zero-order valence-electron chi connectivity index (χ0n) is 33.5. The highest BCUT2D eigenvalue weighted by Gasteiger charge is 2.24. The molecule has 0 spiro atoms. The van der Waals surface area contributed by atoms with Crippen molar-refractivity contribution in [1.82, 2.24) is 4.57 Å². The molecule has 0 radical (unpaired) electrons. The molecule has 4 nitrogen and oxygen atoms in total. The summed E-state index contributed by atoms with van der Waals surface area (Å²) in [7, 11) is 0. The number of furan rings is 2. The minimum atomic E-state index is 0.820. The van der Waals surface area contributed by atoms with Gasteiger partial charge in [0.2, 0.25) is 0 Å². The summed E-state index contributed by atoms with van der Waals surface area (Å²) in [5.74, 6) is 0. The van der Waals surface area contributed by atoms with E-state index in [0.717, 1.165) is 88.8 Å². The van der Waals surface area contributed by atoms with Crippen molar-refractivity contribution >= 4 is 93.5 Å². The van der Waals surface area contributed by atoms with Crippen LogP contribution in [0.2, 0.25) is 0 Å². The Morgan fingerprint density at radius 1 is 0.355 bits per heavy atom. The van der Waals surface area contributed by atoms with Gasteiger partial charge in [0, 0.05) is 54.9 Å². The summed E-state index contributed by atoms with van der Waals surface area (Å²) < 4.78 is 15.7. The standard InChI is InChI=1S/C58H36N2O2/c1-2-16-40(17-3-1)60-52-25-9-6-19-46(52)49-24-13-23-45(57(49)60)39-34-51-48-21-8-11-27-55(48)62-58(51)53(35-39)59(42-32-33-56-50(36-42)47-20-7-10-26-54(47)61-56)41-30-28-38(29-31-41)44-22-12-15-37-14-4-5-18-43(37)44/h1-36H. The molecule has 0 amide bonds. The molecule has 13 aromatic rings. The Kier molecular flexibility index (Phi) is 7.57. The lowest BCUT2D eigenvalue weighted by molar-refractivity contribution is 0.669. The molecule has 0 bridgehead atoms. The monoisotopic (exact) mass is 792 g/mol. The molecule has 3 aromatic heterocycles. The van der Waals surface area contributed by atoms with Crippen LogP contribution >= 0.6 is 0 Å². The van der Waals surface area contributed by atoms with E-state index in [1.807, 2.05) is 18.2 Å². The van der Waals surface area contributed by atoms with Crippen LogP contribution in [0, 0.1) is 0 Å². The van der Waals surface area contributed by atoms with Gasteiger partial charge >= 0.3 is 0 Å². The zero-order chi connectivity index (χ0) is 40.7. The van der Waals surface area contributed by atoms with Crippen LogP contribution in [0.25, 0.3) is 104 Å². The molecule has 10 aromatic carbocycles. The fourth-order valence-electron chi connectivity index (χ4n) is 9.77. The van der Waals surface area contributed by atoms with Crippen molar-refractivity contribution < 1.29 is 8.83 Å². The molecule has 62 heavy (non-hydrogen) atoms. The molecular weight excluding hydrogens is 757 g/mol. The van der Waals surface area contributed by atoms with Gasteiger partial charge in [0.1, 0.15) is 16.7 Å². The average Bonchev–Trinajstić information content (AvgIpc) is 4.02. The number of anilines is 3. The first-order valence-corrected chi connectivity index (χ1v) is 21.1. The second-order valence-corrected chi connectivity index (χ2v) is 16.0. The molecule has 0 N–H and O–H groups in total. The lowest BCUT2D eigenvalue weighted by atomic mass is 9.97. The van der Waals surface area contributed by atoms with Crippen molar-refractivity contribution in [1.29, 1.82) is 0 Å². The van der Waals surface area contributed by atoms with Gasteiger partial charge in [-0.05, 0) is 100 Å². The lowest BCUT2D eigenvalue weighted by Gasteiger charge is -2.26. The smallest absolute Gasteiger partial charge is 0.159 e. The van der Waals surface area contributed by atoms with E-state index in [4.69, 9.17) is 8.83 Å². The van der Waals surface area contributed by atoms with E-state index in [1.165, 1.54) is 32.6 Å². The Morgan fingerprint density at radius 3 is 1.81 bits per heavy atom. The summed E-state index contributed by atoms with van der Waals surface area (Å²) in [6.07, 6.45) is 0. The second-order valence-electron chi connectivity index (χ2n) is 16.0. The maximum Gasteiger partial charge on any atom is 0.159 e. The van der Waals surface area contributed by atoms with E-state index in [-0.39, 0.29) is 0 Å². The van der Waals surface area contributed by atoms with Gasteiger partial charge in [-0.15, -0.1) is 0 Å². The summed E-state index contributed by atoms with van der Waals surface area (Å²) in [6, 6.07) is 78.0. The van der Waals surface area contributed by atoms with Crippen LogP contribution in [0.3, 0.4) is 0 Å². The first kappa shape index (κ1) is 34.5. The van der Waals surface area contributed by atoms with Crippen LogP contribution in [0.5, 0.6) is 0 Å². The number of aromatic nitrogens is 1. The maximum atomic E-state index is 6.95. The van der Waals surface area contributed by atoms with Crippen LogP contribution < -0.4 is 4.90 Å². The molecule has 0 fully saturated rings. The first-order chi connectivity index (χ1) is 30.7. The summed E-state index contributed by atoms with van der Waals surface area (Å²) >= 11 is 0. The van der Waals surface area contributed by atoms with Gasteiger partial charge in [-0.25, -0.2) is 0 Å². The first-order valence-electron chi connectivity index (χ1n) is 21.1. The molecule has 4 heteroatoms. The third kappa shape index (κ3) is 5.27. The number of rotatable bonds is 6. The number of hydrogen-bond donors (Lipinski definition) is 0. The van der Waals surface area contributed by atoms with E-state index < -0.39 is 0 Å². The molecule has 3 heterocycles. The third-order valence-electron chi connectivity index (χ3n) is 12.6. The quantitative estimate of drug-likeness (QED) is 0.168. The van der Waals surface area contributed by atoms with Crippen LogP contribution in [0.4, 0.5) is 17.1 Å². The van der Waals surface area contributed by atoms with Crippen molar-refractivity contribution in [2.24, 2.45) is 0 Å². The molecule has 0 saturated heterocycles. The molecule has 290 valence electrons. The molecule has 0 atom stereocenters. The predicted octanol–water partition coefficient (Wildman–Crippen LogP) is 16.5. The lowest BCUT2D eigenvalue weighted by Crippen LogP contribution is -2.10. The Hall–Kier alpha value is -8.34. The van der Waals surface area contributed by atoms with Gasteiger partial charge in [0.05, 0.1) is 16.7 Å². The van der Waals surface area contributed by atoms with E-state index in [9.17, 15) is 0 Å². The van der Waals surface area contributed by atoms with Crippen LogP contribution in [0.15, 0.2) is 227 Å². The van der Waals surface area contributed by atoms with E-state index in [0.29, 0.717) is 0 Å². The van der Waals surface area contributed by atoms with Crippen molar-refractivity contribution in [3.63, 3.8) is 0 Å². The summed E-state index contributed by atoms with van der Waals surface area (Å²) in [5, 5.41) is 9.15. The van der Waals surface area contributed by atoms with Gasteiger partial charge in [0.15, 0.2) is 5.58 Å². The minimum Gasteiger partial charge on any atom is -0.456 e. The van der Waals surface area contributed by atoms with E-state index in [1.54, 1.807) is 0 Å². The highest BCUT2D eigenvalue weighted by atomic mass is 16.3. The van der Waals surface area contributed by atoms with Gasteiger partial charge in [0.25, 0.3) is 0 Å². The molecule has 0 aliphatic carbocycles. The van der Waals surface area contributed by atoms with Crippen molar-refractivity contribution in [2.45, 2.75) is 0 Å². The third-order valence-corrected chi connectivity index (χ3v) is 12.6. The summed E-state index contributed by atoms with van der Waals surface area (Å²) in [5.41, 5.74) is 14.4. The molecule has 0 saturated carbocycles. The fraction of sp³-hybridized carbons (Fsp3) is 0. The molecule has 0 aliphatic heterocycles. The molecular formula is C58H36N2O2. The number of para-hydroxylation sites is 5. The number of hydrogen-bond acceptors (Lipinski definition) is 3. The second kappa shape index (κ2) is 13.6. The molecule has 0 unspecified atom stereocenters. The minimum absolute atomic E-state index is 0.820. The summed E-state index contributed by atoms with van der Waals surface area (Å²) in [6.45, 7) is 0. The number of nitrogens with zero attached hydrogens (tertiary/aromatic N) is 2. The predicted molar refractivity (Wildman–Crippen MR) is 258 cm³/mol. The van der Waals surface area contributed by atoms with E-state index >= 15 is 0 Å². The van der Waals surface area contributed by atoms with Gasteiger partial charge in [-0.1, -0.05) is 146 Å². The zero-order valence-corrected chi connectivity index (χ0v) is 33.5. The SMILES string of the molecule is c1ccc(-n2c3ccccc3c3cccc(-c4cc(N(c5ccc(-c6cccc7ccccc67)cc5)c5ccc6oc7ccccc7c6c5)c5oc6ccccc6c5c4)c32)cc1. The molecule has 13 rings (SSSR count). The summed E-state index contributed by atoms with van der Waals surface area (Å²) in [4.78, 5) is 2.36. The Labute approximate surface area is 356 Å². The van der Waals surface area contributed by atoms with Crippen LogP contribution in [-0.2, 0) is 0 Å².